The molecule has 0 N–H and O–H groups in total. The second-order valence-corrected chi connectivity index (χ2v) is 6.83. The molecule has 0 aliphatic carbocycles. The summed E-state index contributed by atoms with van der Waals surface area (Å²) in [4.78, 5) is 27.2. The van der Waals surface area contributed by atoms with Gasteiger partial charge in [0.2, 0.25) is 5.91 Å². The minimum absolute atomic E-state index is 0.0517. The van der Waals surface area contributed by atoms with Crippen molar-refractivity contribution in [3.05, 3.63) is 42.0 Å². The van der Waals surface area contributed by atoms with Crippen LogP contribution in [0, 0.1) is 18.8 Å². The van der Waals surface area contributed by atoms with E-state index in [0.29, 0.717) is 13.2 Å². The first-order chi connectivity index (χ1) is 11.6. The first kappa shape index (κ1) is 15.4. The van der Waals surface area contributed by atoms with E-state index in [1.807, 2.05) is 50.3 Å². The molecular formula is C19H21NO4. The highest BCUT2D eigenvalue weighted by Gasteiger charge is 2.67. The molecule has 3 aliphatic rings. The van der Waals surface area contributed by atoms with Crippen LogP contribution in [0.3, 0.4) is 0 Å². The quantitative estimate of drug-likeness (QED) is 0.629. The second kappa shape index (κ2) is 5.45. The standard InChI is InChI=1S/C19H21NO4/c1-3-10-23-18(22)15-14-8-9-19(24-14)11-20(17(21)16(15)19)13-6-4-12(2)5-7-13/h4-9,14-16H,3,10-11H2,1-2H3/t14-,15+,16-,19+/m0/s1. The van der Waals surface area contributed by atoms with Crippen LogP contribution in [0.25, 0.3) is 0 Å². The lowest BCUT2D eigenvalue weighted by Crippen LogP contribution is -2.40. The third-order valence-electron chi connectivity index (χ3n) is 5.17. The van der Waals surface area contributed by atoms with Gasteiger partial charge in [-0.15, -0.1) is 0 Å². The zero-order valence-electron chi connectivity index (χ0n) is 13.9. The summed E-state index contributed by atoms with van der Waals surface area (Å²) >= 11 is 0. The topological polar surface area (TPSA) is 55.8 Å². The number of hydrogen-bond acceptors (Lipinski definition) is 4. The third kappa shape index (κ3) is 2.11. The summed E-state index contributed by atoms with van der Waals surface area (Å²) in [6, 6.07) is 7.84. The van der Waals surface area contributed by atoms with Crippen molar-refractivity contribution in [2.45, 2.75) is 32.0 Å². The molecule has 0 radical (unpaired) electrons. The van der Waals surface area contributed by atoms with E-state index in [4.69, 9.17) is 9.47 Å². The number of hydrogen-bond donors (Lipinski definition) is 0. The van der Waals surface area contributed by atoms with Crippen LogP contribution >= 0.6 is 0 Å². The highest BCUT2D eigenvalue weighted by atomic mass is 16.6. The fourth-order valence-electron chi connectivity index (χ4n) is 4.01. The van der Waals surface area contributed by atoms with Crippen LogP contribution in [0.5, 0.6) is 0 Å². The maximum absolute atomic E-state index is 13.0. The van der Waals surface area contributed by atoms with Gasteiger partial charge in [-0.1, -0.05) is 36.8 Å². The van der Waals surface area contributed by atoms with Gasteiger partial charge < -0.3 is 14.4 Å². The lowest BCUT2D eigenvalue weighted by Gasteiger charge is -2.22. The van der Waals surface area contributed by atoms with E-state index < -0.39 is 17.4 Å². The molecule has 0 aromatic heterocycles. The van der Waals surface area contributed by atoms with Crippen LogP contribution in [0.2, 0.25) is 0 Å². The number of carbonyl (C=O) groups excluding carboxylic acids is 2. The molecule has 0 unspecified atom stereocenters. The molecule has 1 spiro atoms. The van der Waals surface area contributed by atoms with Crippen molar-refractivity contribution in [3.8, 4) is 0 Å². The number of carbonyl (C=O) groups is 2. The van der Waals surface area contributed by atoms with Crippen molar-refractivity contribution < 1.29 is 19.1 Å². The SMILES string of the molecule is CCCOC(=O)[C@@H]1[C@@H]2C=C[C@]3(CN(c4ccc(C)cc4)C(=O)[C@H]13)O2. The molecule has 2 bridgehead atoms. The number of rotatable bonds is 4. The van der Waals surface area contributed by atoms with Crippen LogP contribution in [-0.4, -0.2) is 36.7 Å². The van der Waals surface area contributed by atoms with Crippen molar-refractivity contribution in [1.29, 1.82) is 0 Å². The largest absolute Gasteiger partial charge is 0.465 e. The molecule has 2 saturated heterocycles. The number of esters is 1. The maximum atomic E-state index is 13.0. The van der Waals surface area contributed by atoms with Gasteiger partial charge in [0.15, 0.2) is 0 Å². The molecule has 1 aromatic carbocycles. The fraction of sp³-hybridized carbons (Fsp3) is 0.474. The van der Waals surface area contributed by atoms with Gasteiger partial charge in [-0.3, -0.25) is 9.59 Å². The number of benzene rings is 1. The molecule has 0 saturated carbocycles. The molecule has 4 rings (SSSR count). The summed E-state index contributed by atoms with van der Waals surface area (Å²) in [6.45, 7) is 4.79. The average Bonchev–Trinajstić information content (AvgIpc) is 3.22. The minimum atomic E-state index is -0.692. The Morgan fingerprint density at radius 3 is 2.83 bits per heavy atom. The molecule has 3 aliphatic heterocycles. The molecular weight excluding hydrogens is 306 g/mol. The van der Waals surface area contributed by atoms with Crippen molar-refractivity contribution in [2.24, 2.45) is 11.8 Å². The molecule has 3 heterocycles. The first-order valence-electron chi connectivity index (χ1n) is 8.47. The Bertz CT molecular complexity index is 711. The van der Waals surface area contributed by atoms with E-state index in [2.05, 4.69) is 0 Å². The summed E-state index contributed by atoms with van der Waals surface area (Å²) in [5.74, 6) is -1.40. The number of aryl methyl sites for hydroxylation is 1. The fourth-order valence-corrected chi connectivity index (χ4v) is 4.01. The molecule has 2 fully saturated rings. The van der Waals surface area contributed by atoms with Crippen LogP contribution in [0.1, 0.15) is 18.9 Å². The Hall–Kier alpha value is -2.14. The Morgan fingerprint density at radius 2 is 2.12 bits per heavy atom. The van der Waals surface area contributed by atoms with Crippen molar-refractivity contribution in [1.82, 2.24) is 0 Å². The minimum Gasteiger partial charge on any atom is -0.465 e. The second-order valence-electron chi connectivity index (χ2n) is 6.83. The van der Waals surface area contributed by atoms with E-state index in [1.165, 1.54) is 0 Å². The lowest BCUT2D eigenvalue weighted by molar-refractivity contribution is -0.152. The summed E-state index contributed by atoms with van der Waals surface area (Å²) < 4.78 is 11.4. The summed E-state index contributed by atoms with van der Waals surface area (Å²) in [5, 5.41) is 0. The van der Waals surface area contributed by atoms with Gasteiger partial charge in [0.25, 0.3) is 0 Å². The predicted octanol–water partition coefficient (Wildman–Crippen LogP) is 2.23. The molecule has 5 nitrogen and oxygen atoms in total. The maximum Gasteiger partial charge on any atom is 0.312 e. The Balaban J connectivity index is 1.64. The Labute approximate surface area is 141 Å². The monoisotopic (exact) mass is 327 g/mol. The highest BCUT2D eigenvalue weighted by Crippen LogP contribution is 2.52. The third-order valence-corrected chi connectivity index (χ3v) is 5.17. The Kier molecular flexibility index (Phi) is 3.49. The lowest BCUT2D eigenvalue weighted by atomic mass is 9.77. The molecule has 5 heteroatoms. The van der Waals surface area contributed by atoms with Gasteiger partial charge in [-0.2, -0.15) is 0 Å². The van der Waals surface area contributed by atoms with Gasteiger partial charge in [-0.05, 0) is 25.5 Å². The average molecular weight is 327 g/mol. The molecule has 126 valence electrons. The van der Waals surface area contributed by atoms with Gasteiger partial charge in [-0.25, -0.2) is 0 Å². The summed E-state index contributed by atoms with van der Waals surface area (Å²) in [5.41, 5.74) is 1.29. The van der Waals surface area contributed by atoms with Crippen LogP contribution in [-0.2, 0) is 19.1 Å². The normalized spacial score (nSPS) is 33.2. The molecule has 1 aromatic rings. The summed E-state index contributed by atoms with van der Waals surface area (Å²) in [7, 11) is 0. The van der Waals surface area contributed by atoms with E-state index in [9.17, 15) is 9.59 Å². The zero-order valence-corrected chi connectivity index (χ0v) is 13.9. The first-order valence-corrected chi connectivity index (χ1v) is 8.47. The molecule has 1 amide bonds. The molecule has 24 heavy (non-hydrogen) atoms. The Morgan fingerprint density at radius 1 is 1.38 bits per heavy atom. The van der Waals surface area contributed by atoms with Gasteiger partial charge in [0.05, 0.1) is 25.2 Å². The number of ether oxygens (including phenoxy) is 2. The van der Waals surface area contributed by atoms with Gasteiger partial charge in [0, 0.05) is 5.69 Å². The predicted molar refractivity (Wildman–Crippen MR) is 88.5 cm³/mol. The van der Waals surface area contributed by atoms with E-state index in [-0.39, 0.29) is 18.0 Å². The van der Waals surface area contributed by atoms with Crippen LogP contribution in [0.15, 0.2) is 36.4 Å². The van der Waals surface area contributed by atoms with Gasteiger partial charge >= 0.3 is 5.97 Å². The number of nitrogens with zero attached hydrogens (tertiary/aromatic N) is 1. The van der Waals surface area contributed by atoms with Crippen molar-refractivity contribution in [2.75, 3.05) is 18.1 Å². The number of amides is 1. The van der Waals surface area contributed by atoms with Crippen LogP contribution in [0.4, 0.5) is 5.69 Å². The summed E-state index contributed by atoms with van der Waals surface area (Å²) in [6.07, 6.45) is 4.28. The smallest absolute Gasteiger partial charge is 0.312 e. The zero-order chi connectivity index (χ0) is 16.9. The number of anilines is 1. The highest BCUT2D eigenvalue weighted by molar-refractivity contribution is 6.02. The van der Waals surface area contributed by atoms with Crippen molar-refractivity contribution in [3.63, 3.8) is 0 Å². The van der Waals surface area contributed by atoms with E-state index >= 15 is 0 Å². The number of fused-ring (bicyclic) bond motifs is 1. The van der Waals surface area contributed by atoms with Crippen LogP contribution < -0.4 is 4.90 Å². The van der Waals surface area contributed by atoms with E-state index in [1.54, 1.807) is 4.90 Å². The van der Waals surface area contributed by atoms with Crippen molar-refractivity contribution >= 4 is 17.6 Å². The van der Waals surface area contributed by atoms with E-state index in [0.717, 1.165) is 17.7 Å². The van der Waals surface area contributed by atoms with Gasteiger partial charge in [0.1, 0.15) is 11.5 Å². The molecule has 4 atom stereocenters.